The minimum Gasteiger partial charge on any atom is -0.496 e. The highest BCUT2D eigenvalue weighted by Gasteiger charge is 2.32. The molecule has 1 saturated heterocycles. The molecule has 1 aromatic carbocycles. The Kier molecular flexibility index (Phi) is 6.32. The Morgan fingerprint density at radius 2 is 2.12 bits per heavy atom. The number of ether oxygens (including phenoxy) is 1. The van der Waals surface area contributed by atoms with E-state index in [-0.39, 0.29) is 18.2 Å². The number of methoxy groups -OCH3 is 1. The molecule has 1 saturated carbocycles. The lowest BCUT2D eigenvalue weighted by molar-refractivity contribution is -0.124. The number of benzene rings is 1. The van der Waals surface area contributed by atoms with E-state index >= 15 is 0 Å². The second-order valence-corrected chi connectivity index (χ2v) is 8.05. The molecule has 1 heterocycles. The van der Waals surface area contributed by atoms with Crippen LogP contribution in [0.15, 0.2) is 29.2 Å². The lowest BCUT2D eigenvalue weighted by atomic mass is 10.2. The quantitative estimate of drug-likeness (QED) is 0.596. The molecule has 0 bridgehead atoms. The van der Waals surface area contributed by atoms with E-state index < -0.39 is 0 Å². The number of nitrogens with one attached hydrogen (secondary N) is 1. The van der Waals surface area contributed by atoms with Crippen LogP contribution in [0.4, 0.5) is 0 Å². The molecule has 5 nitrogen and oxygen atoms in total. The molecule has 26 heavy (non-hydrogen) atoms. The fourth-order valence-corrected chi connectivity index (χ4v) is 4.50. The van der Waals surface area contributed by atoms with Gasteiger partial charge in [0.25, 0.3) is 5.91 Å². The van der Waals surface area contributed by atoms with Crippen molar-refractivity contribution >= 4 is 46.2 Å². The molecule has 2 fully saturated rings. The summed E-state index contributed by atoms with van der Waals surface area (Å²) in [5.41, 5.74) is 0.828. The van der Waals surface area contributed by atoms with E-state index in [4.69, 9.17) is 17.0 Å². The van der Waals surface area contributed by atoms with Gasteiger partial charge >= 0.3 is 0 Å². The number of thiocarbonyl (C=S) groups is 1. The first-order valence-electron chi connectivity index (χ1n) is 8.76. The van der Waals surface area contributed by atoms with Crippen LogP contribution in [0.25, 0.3) is 6.08 Å². The molecule has 2 aliphatic rings. The van der Waals surface area contributed by atoms with Crippen molar-refractivity contribution in [3.63, 3.8) is 0 Å². The van der Waals surface area contributed by atoms with E-state index in [1.54, 1.807) is 13.2 Å². The summed E-state index contributed by atoms with van der Waals surface area (Å²) < 4.78 is 5.81. The molecule has 3 rings (SSSR count). The largest absolute Gasteiger partial charge is 0.496 e. The lowest BCUT2D eigenvalue weighted by Gasteiger charge is -2.16. The number of hydrogen-bond acceptors (Lipinski definition) is 5. The summed E-state index contributed by atoms with van der Waals surface area (Å²) in [6.45, 7) is 0.312. The maximum Gasteiger partial charge on any atom is 0.266 e. The molecule has 138 valence electrons. The molecule has 1 aliphatic carbocycles. The highest BCUT2D eigenvalue weighted by molar-refractivity contribution is 8.26. The van der Waals surface area contributed by atoms with Crippen molar-refractivity contribution in [2.45, 2.75) is 38.1 Å². The molecule has 7 heteroatoms. The third-order valence-corrected chi connectivity index (χ3v) is 5.96. The Bertz CT molecular complexity index is 742. The molecule has 0 unspecified atom stereocenters. The average Bonchev–Trinajstić information content (AvgIpc) is 3.22. The zero-order valence-electron chi connectivity index (χ0n) is 14.7. The van der Waals surface area contributed by atoms with Gasteiger partial charge in [0.15, 0.2) is 0 Å². The second-order valence-electron chi connectivity index (χ2n) is 6.37. The maximum absolute atomic E-state index is 12.7. The van der Waals surface area contributed by atoms with Crippen molar-refractivity contribution < 1.29 is 14.3 Å². The van der Waals surface area contributed by atoms with Crippen molar-refractivity contribution in [3.8, 4) is 5.75 Å². The number of carbonyl (C=O) groups is 2. The van der Waals surface area contributed by atoms with Crippen LogP contribution in [0, 0.1) is 0 Å². The van der Waals surface area contributed by atoms with Gasteiger partial charge in [-0.2, -0.15) is 0 Å². The first-order chi connectivity index (χ1) is 12.6. The van der Waals surface area contributed by atoms with E-state index in [2.05, 4.69) is 5.32 Å². The van der Waals surface area contributed by atoms with Gasteiger partial charge in [-0.05, 0) is 25.0 Å². The summed E-state index contributed by atoms with van der Waals surface area (Å²) in [5, 5.41) is 3.04. The van der Waals surface area contributed by atoms with Crippen LogP contribution in [0.2, 0.25) is 0 Å². The highest BCUT2D eigenvalue weighted by atomic mass is 32.2. The summed E-state index contributed by atoms with van der Waals surface area (Å²) in [6.07, 6.45) is 6.51. The van der Waals surface area contributed by atoms with Crippen molar-refractivity contribution in [1.29, 1.82) is 0 Å². The standard InChI is InChI=1S/C19H22N2O3S2/c1-24-15-9-5-2-6-13(15)12-16-18(23)21(19(25)26-16)11-10-17(22)20-14-7-3-4-8-14/h2,5-6,9,12,14H,3-4,7-8,10-11H2,1H3,(H,20,22). The molecule has 0 spiro atoms. The van der Waals surface area contributed by atoms with Gasteiger partial charge in [-0.25, -0.2) is 0 Å². The SMILES string of the molecule is COc1ccccc1C=C1SC(=S)N(CCC(=O)NC2CCCC2)C1=O. The summed E-state index contributed by atoms with van der Waals surface area (Å²) in [5.74, 6) is 0.535. The Labute approximate surface area is 163 Å². The number of para-hydroxylation sites is 1. The number of rotatable bonds is 6. The number of nitrogens with zero attached hydrogens (tertiary/aromatic N) is 1. The van der Waals surface area contributed by atoms with Crippen LogP contribution in [0.3, 0.4) is 0 Å². The predicted molar refractivity (Wildman–Crippen MR) is 108 cm³/mol. The lowest BCUT2D eigenvalue weighted by Crippen LogP contribution is -2.37. The van der Waals surface area contributed by atoms with Crippen LogP contribution in [0.5, 0.6) is 5.75 Å². The number of hydrogen-bond donors (Lipinski definition) is 1. The molecular formula is C19H22N2O3S2. The second kappa shape index (κ2) is 8.68. The molecule has 1 aromatic rings. The van der Waals surface area contributed by atoms with Gasteiger partial charge in [-0.15, -0.1) is 0 Å². The molecule has 2 amide bonds. The van der Waals surface area contributed by atoms with Gasteiger partial charge in [0.2, 0.25) is 5.91 Å². The van der Waals surface area contributed by atoms with E-state index in [9.17, 15) is 9.59 Å². The topological polar surface area (TPSA) is 58.6 Å². The number of amides is 2. The first kappa shape index (κ1) is 18.9. The Morgan fingerprint density at radius 3 is 2.85 bits per heavy atom. The molecule has 1 N–H and O–H groups in total. The van der Waals surface area contributed by atoms with Crippen molar-refractivity contribution in [3.05, 3.63) is 34.7 Å². The van der Waals surface area contributed by atoms with Gasteiger partial charge in [0.1, 0.15) is 10.1 Å². The summed E-state index contributed by atoms with van der Waals surface area (Å²) in [6, 6.07) is 7.80. The van der Waals surface area contributed by atoms with Crippen LogP contribution < -0.4 is 10.1 Å². The Morgan fingerprint density at radius 1 is 1.38 bits per heavy atom. The van der Waals surface area contributed by atoms with E-state index in [1.165, 1.54) is 29.5 Å². The number of carbonyl (C=O) groups excluding carboxylic acids is 2. The fourth-order valence-electron chi connectivity index (χ4n) is 3.20. The van der Waals surface area contributed by atoms with Crippen molar-refractivity contribution in [1.82, 2.24) is 10.2 Å². The van der Waals surface area contributed by atoms with Gasteiger partial charge in [0, 0.05) is 24.6 Å². The van der Waals surface area contributed by atoms with Crippen LogP contribution in [-0.2, 0) is 9.59 Å². The molecule has 0 aromatic heterocycles. The smallest absolute Gasteiger partial charge is 0.266 e. The highest BCUT2D eigenvalue weighted by Crippen LogP contribution is 2.34. The molecule has 0 radical (unpaired) electrons. The minimum atomic E-state index is -0.153. The summed E-state index contributed by atoms with van der Waals surface area (Å²) >= 11 is 6.59. The minimum absolute atomic E-state index is 0.0142. The maximum atomic E-state index is 12.7. The molecular weight excluding hydrogens is 368 g/mol. The Balaban J connectivity index is 1.61. The fraction of sp³-hybridized carbons (Fsp3) is 0.421. The summed E-state index contributed by atoms with van der Waals surface area (Å²) in [4.78, 5) is 26.8. The first-order valence-corrected chi connectivity index (χ1v) is 9.98. The van der Waals surface area contributed by atoms with Gasteiger partial charge in [-0.3, -0.25) is 14.5 Å². The van der Waals surface area contributed by atoms with Crippen molar-refractivity contribution in [2.75, 3.05) is 13.7 Å². The van der Waals surface area contributed by atoms with Gasteiger partial charge in [0.05, 0.1) is 12.0 Å². The average molecular weight is 391 g/mol. The van der Waals surface area contributed by atoms with E-state index in [0.29, 0.717) is 27.6 Å². The molecule has 1 aliphatic heterocycles. The van der Waals surface area contributed by atoms with Crippen LogP contribution >= 0.6 is 24.0 Å². The third kappa shape index (κ3) is 4.45. The monoisotopic (exact) mass is 390 g/mol. The number of thioether (sulfide) groups is 1. The zero-order valence-corrected chi connectivity index (χ0v) is 16.3. The van der Waals surface area contributed by atoms with Crippen LogP contribution in [0.1, 0.15) is 37.7 Å². The predicted octanol–water partition coefficient (Wildman–Crippen LogP) is 3.35. The molecule has 0 atom stereocenters. The van der Waals surface area contributed by atoms with Crippen LogP contribution in [-0.4, -0.2) is 40.7 Å². The third-order valence-electron chi connectivity index (χ3n) is 4.58. The van der Waals surface area contributed by atoms with E-state index in [0.717, 1.165) is 18.4 Å². The van der Waals surface area contributed by atoms with Gasteiger partial charge in [-0.1, -0.05) is 55.0 Å². The van der Waals surface area contributed by atoms with Crippen molar-refractivity contribution in [2.24, 2.45) is 0 Å². The normalized spacial score (nSPS) is 19.4. The van der Waals surface area contributed by atoms with E-state index in [1.807, 2.05) is 24.3 Å². The zero-order chi connectivity index (χ0) is 18.5. The summed E-state index contributed by atoms with van der Waals surface area (Å²) in [7, 11) is 1.60. The Hall–Kier alpha value is -1.86. The van der Waals surface area contributed by atoms with Gasteiger partial charge < -0.3 is 10.1 Å².